The van der Waals surface area contributed by atoms with Crippen LogP contribution in [-0.2, 0) is 23.6 Å². The number of benzene rings is 1. The van der Waals surface area contributed by atoms with Crippen LogP contribution in [0.5, 0.6) is 0 Å². The number of hydrogen-bond acceptors (Lipinski definition) is 3. The molecule has 0 bridgehead atoms. The van der Waals surface area contributed by atoms with E-state index in [1.807, 2.05) is 17.7 Å². The van der Waals surface area contributed by atoms with Crippen LogP contribution in [0.3, 0.4) is 0 Å². The number of amides is 3. The van der Waals surface area contributed by atoms with E-state index in [9.17, 15) is 35.9 Å². The predicted molar refractivity (Wildman–Crippen MR) is 126 cm³/mol. The number of carbonyl (C=O) groups excluding carboxylic acids is 2. The van der Waals surface area contributed by atoms with Gasteiger partial charge in [-0.25, -0.2) is 4.79 Å². The molecule has 3 heterocycles. The molecule has 3 amide bonds. The van der Waals surface area contributed by atoms with E-state index >= 15 is 0 Å². The zero-order valence-electron chi connectivity index (χ0n) is 20.5. The number of nitrogens with zero attached hydrogens (tertiary/aromatic N) is 3. The van der Waals surface area contributed by atoms with Crippen LogP contribution in [0.1, 0.15) is 66.6 Å². The zero-order valence-corrected chi connectivity index (χ0v) is 21.3. The molecule has 0 radical (unpaired) electrons. The van der Waals surface area contributed by atoms with Crippen LogP contribution in [0.2, 0.25) is 0 Å². The number of fused-ring (bicyclic) bond motifs is 1. The molecule has 2 aliphatic rings. The molecule has 2 aliphatic heterocycles. The van der Waals surface area contributed by atoms with Crippen LogP contribution >= 0.6 is 11.3 Å². The topological polar surface area (TPSA) is 43.9 Å². The molecule has 2 aromatic rings. The van der Waals surface area contributed by atoms with Crippen LogP contribution in [0, 0.1) is 0 Å². The van der Waals surface area contributed by atoms with Gasteiger partial charge in [0.05, 0.1) is 29.3 Å². The Hall–Kier alpha value is -2.76. The molecule has 4 rings (SSSR count). The average Bonchev–Trinajstić information content (AvgIpc) is 3.47. The minimum absolute atomic E-state index is 0.0146. The molecule has 0 spiro atoms. The fourth-order valence-corrected chi connectivity index (χ4v) is 6.19. The molecule has 202 valence electrons. The number of rotatable bonds is 4. The van der Waals surface area contributed by atoms with Gasteiger partial charge in [-0.3, -0.25) is 4.79 Å². The van der Waals surface area contributed by atoms with Crippen molar-refractivity contribution < 1.29 is 35.9 Å². The van der Waals surface area contributed by atoms with E-state index in [0.29, 0.717) is 37.9 Å². The summed E-state index contributed by atoms with van der Waals surface area (Å²) in [6.07, 6.45) is -8.32. The van der Waals surface area contributed by atoms with Crippen LogP contribution < -0.4 is 0 Å². The minimum atomic E-state index is -4.98. The molecule has 2 saturated heterocycles. The Morgan fingerprint density at radius 3 is 2.27 bits per heavy atom. The summed E-state index contributed by atoms with van der Waals surface area (Å²) in [5, 5.41) is 3.93. The third kappa shape index (κ3) is 5.17. The van der Waals surface area contributed by atoms with Gasteiger partial charge in [-0.1, -0.05) is 6.92 Å². The van der Waals surface area contributed by atoms with Crippen molar-refractivity contribution in [3.05, 3.63) is 56.8 Å². The molecular formula is C25H27F6N3O2S. The number of piperazine rings is 1. The molecular weight excluding hydrogens is 520 g/mol. The molecule has 0 N–H and O–H groups in total. The van der Waals surface area contributed by atoms with Gasteiger partial charge in [-0.15, -0.1) is 0 Å². The molecule has 3 atom stereocenters. The molecule has 1 aromatic heterocycles. The third-order valence-corrected chi connectivity index (χ3v) is 8.16. The van der Waals surface area contributed by atoms with Crippen molar-refractivity contribution in [1.29, 1.82) is 0 Å². The molecule has 2 fully saturated rings. The van der Waals surface area contributed by atoms with E-state index in [4.69, 9.17) is 0 Å². The summed E-state index contributed by atoms with van der Waals surface area (Å²) in [7, 11) is 1.37. The zero-order chi connectivity index (χ0) is 27.3. The minimum Gasteiger partial charge on any atom is -0.335 e. The van der Waals surface area contributed by atoms with Gasteiger partial charge >= 0.3 is 18.4 Å². The van der Waals surface area contributed by atoms with Gasteiger partial charge in [-0.05, 0) is 65.4 Å². The van der Waals surface area contributed by atoms with Gasteiger partial charge in [0.25, 0.3) is 0 Å². The van der Waals surface area contributed by atoms with Crippen molar-refractivity contribution in [2.24, 2.45) is 0 Å². The van der Waals surface area contributed by atoms with Gasteiger partial charge in [0.15, 0.2) is 0 Å². The summed E-state index contributed by atoms with van der Waals surface area (Å²) in [4.78, 5) is 30.8. The maximum atomic E-state index is 13.8. The van der Waals surface area contributed by atoms with Gasteiger partial charge < -0.3 is 14.7 Å². The lowest BCUT2D eigenvalue weighted by atomic mass is 9.92. The second-order valence-electron chi connectivity index (χ2n) is 9.45. The van der Waals surface area contributed by atoms with Gasteiger partial charge in [-0.2, -0.15) is 37.7 Å². The summed E-state index contributed by atoms with van der Waals surface area (Å²) in [5.41, 5.74) is -1.16. The Bertz CT molecular complexity index is 1150. The fraction of sp³-hybridized carbons (Fsp3) is 0.520. The van der Waals surface area contributed by atoms with Crippen molar-refractivity contribution in [3.8, 4) is 0 Å². The van der Waals surface area contributed by atoms with Crippen molar-refractivity contribution in [3.63, 3.8) is 0 Å². The Balaban J connectivity index is 1.69. The van der Waals surface area contributed by atoms with E-state index in [1.54, 1.807) is 9.80 Å². The smallest absolute Gasteiger partial charge is 0.335 e. The maximum absolute atomic E-state index is 13.8. The fourth-order valence-electron chi connectivity index (χ4n) is 5.22. The van der Waals surface area contributed by atoms with E-state index in [-0.39, 0.29) is 30.1 Å². The lowest BCUT2D eigenvalue weighted by Gasteiger charge is -2.46. The molecule has 0 saturated carbocycles. The number of halogens is 6. The van der Waals surface area contributed by atoms with E-state index in [2.05, 4.69) is 0 Å². The Morgan fingerprint density at radius 2 is 1.70 bits per heavy atom. The number of hydrogen-bond donors (Lipinski definition) is 0. The molecule has 0 aliphatic carbocycles. The normalized spacial score (nSPS) is 21.3. The van der Waals surface area contributed by atoms with Crippen LogP contribution in [0.4, 0.5) is 31.1 Å². The summed E-state index contributed by atoms with van der Waals surface area (Å²) < 4.78 is 80.4. The number of aryl methyl sites for hydroxylation is 1. The van der Waals surface area contributed by atoms with Gasteiger partial charge in [0.2, 0.25) is 5.91 Å². The molecule has 5 nitrogen and oxygen atoms in total. The lowest BCUT2D eigenvalue weighted by molar-refractivity contribution is -0.143. The average molecular weight is 548 g/mol. The number of urea groups is 1. The summed E-state index contributed by atoms with van der Waals surface area (Å²) >= 11 is 1.48. The van der Waals surface area contributed by atoms with Crippen molar-refractivity contribution in [2.45, 2.75) is 63.6 Å². The monoisotopic (exact) mass is 547 g/mol. The third-order valence-electron chi connectivity index (χ3n) is 7.35. The van der Waals surface area contributed by atoms with Crippen LogP contribution in [0.25, 0.3) is 0 Å². The second kappa shape index (κ2) is 9.85. The number of carbonyl (C=O) groups is 2. The van der Waals surface area contributed by atoms with Gasteiger partial charge in [0.1, 0.15) is 0 Å². The first kappa shape index (κ1) is 27.3. The standard InChI is InChI=1S/C25H27F6N3O2S/c1-4-15-12-37-13-19(15)22-20-5-6-21(35)33(20)7-8-34(22)23(36)32(3)14(2)16-9-17(24(26,27)28)11-18(10-16)25(29,30)31/h9-14,20,22H,4-8H2,1-3H3/t14-,20+,22+/m1/s1. The predicted octanol–water partition coefficient (Wildman–Crippen LogP) is 6.51. The first-order valence-electron chi connectivity index (χ1n) is 11.9. The first-order valence-corrected chi connectivity index (χ1v) is 12.9. The largest absolute Gasteiger partial charge is 0.416 e. The summed E-state index contributed by atoms with van der Waals surface area (Å²) in [6, 6.07) is -0.891. The van der Waals surface area contributed by atoms with Crippen molar-refractivity contribution in [2.75, 3.05) is 20.1 Å². The highest BCUT2D eigenvalue weighted by molar-refractivity contribution is 7.08. The lowest BCUT2D eigenvalue weighted by Crippen LogP contribution is -2.57. The highest BCUT2D eigenvalue weighted by Crippen LogP contribution is 2.42. The molecule has 12 heteroatoms. The summed E-state index contributed by atoms with van der Waals surface area (Å²) in [6.45, 7) is 3.91. The number of alkyl halides is 6. The quantitative estimate of drug-likeness (QED) is 0.410. The Kier molecular flexibility index (Phi) is 7.26. The highest BCUT2D eigenvalue weighted by atomic mass is 32.1. The molecule has 0 unspecified atom stereocenters. The van der Waals surface area contributed by atoms with Crippen molar-refractivity contribution in [1.82, 2.24) is 14.7 Å². The van der Waals surface area contributed by atoms with Gasteiger partial charge in [0, 0.05) is 26.6 Å². The van der Waals surface area contributed by atoms with Crippen LogP contribution in [0.15, 0.2) is 29.0 Å². The summed E-state index contributed by atoms with van der Waals surface area (Å²) in [5.74, 6) is 0.0146. The number of thiophene rings is 1. The first-order chi connectivity index (χ1) is 17.2. The second-order valence-corrected chi connectivity index (χ2v) is 10.2. The Morgan fingerprint density at radius 1 is 1.08 bits per heavy atom. The Labute approximate surface area is 214 Å². The van der Waals surface area contributed by atoms with Crippen LogP contribution in [-0.4, -0.2) is 52.8 Å². The highest BCUT2D eigenvalue weighted by Gasteiger charge is 2.47. The molecule has 37 heavy (non-hydrogen) atoms. The molecule has 1 aromatic carbocycles. The van der Waals surface area contributed by atoms with E-state index in [0.717, 1.165) is 11.1 Å². The van der Waals surface area contributed by atoms with E-state index < -0.39 is 41.6 Å². The van der Waals surface area contributed by atoms with Crippen molar-refractivity contribution >= 4 is 23.3 Å². The SMILES string of the molecule is CCc1cscc1[C@H]1[C@@H]2CCC(=O)N2CCN1C(=O)N(C)[C@H](C)c1cc(C(F)(F)F)cc(C(F)(F)F)c1. The maximum Gasteiger partial charge on any atom is 0.416 e. The van der Waals surface area contributed by atoms with E-state index in [1.165, 1.54) is 30.2 Å².